The van der Waals surface area contributed by atoms with Crippen molar-refractivity contribution in [2.24, 2.45) is 5.73 Å². The summed E-state index contributed by atoms with van der Waals surface area (Å²) in [5.41, 5.74) is 7.67. The molecule has 0 atom stereocenters. The number of hydrogen-bond donors (Lipinski definition) is 3. The number of methoxy groups -OCH3 is 1. The minimum Gasteiger partial charge on any atom is -0.375 e. The second-order valence-electron chi connectivity index (χ2n) is 4.68. The van der Waals surface area contributed by atoms with Gasteiger partial charge in [0.25, 0.3) is 0 Å². The van der Waals surface area contributed by atoms with E-state index < -0.39 is 0 Å². The molecule has 0 aliphatic carbocycles. The Morgan fingerprint density at radius 3 is 2.61 bits per heavy atom. The van der Waals surface area contributed by atoms with E-state index >= 15 is 0 Å². The summed E-state index contributed by atoms with van der Waals surface area (Å²) in [6.45, 7) is 0.319. The van der Waals surface area contributed by atoms with E-state index in [0.717, 1.165) is 11.3 Å². The fourth-order valence-corrected chi connectivity index (χ4v) is 2.56. The summed E-state index contributed by atoms with van der Waals surface area (Å²) >= 11 is 1.35. The molecule has 0 saturated heterocycles. The predicted octanol–water partition coefficient (Wildman–Crippen LogP) is 1.68. The quantitative estimate of drug-likeness (QED) is 0.714. The average Bonchev–Trinajstić information content (AvgIpc) is 2.97. The zero-order valence-electron chi connectivity index (χ0n) is 12.7. The largest absolute Gasteiger partial charge is 0.375 e. The zero-order valence-corrected chi connectivity index (χ0v) is 13.5. The normalized spacial score (nSPS) is 10.3. The van der Waals surface area contributed by atoms with Crippen LogP contribution in [0.25, 0.3) is 11.3 Å². The number of rotatable bonds is 7. The molecule has 1 aromatic heterocycles. The van der Waals surface area contributed by atoms with Crippen molar-refractivity contribution >= 4 is 34.0 Å². The summed E-state index contributed by atoms with van der Waals surface area (Å²) < 4.78 is 4.76. The van der Waals surface area contributed by atoms with Crippen LogP contribution in [-0.4, -0.2) is 37.1 Å². The number of hydrogen-bond acceptors (Lipinski definition) is 6. The van der Waals surface area contributed by atoms with E-state index in [1.165, 1.54) is 18.4 Å². The van der Waals surface area contributed by atoms with Crippen LogP contribution in [0.1, 0.15) is 6.42 Å². The van der Waals surface area contributed by atoms with Gasteiger partial charge in [-0.25, -0.2) is 4.98 Å². The molecular formula is C15H18N4O3S. The number of nitrogens with two attached hydrogens (primary N) is 1. The summed E-state index contributed by atoms with van der Waals surface area (Å²) in [4.78, 5) is 27.3. The first-order valence-electron chi connectivity index (χ1n) is 6.97. The summed E-state index contributed by atoms with van der Waals surface area (Å²) in [6.07, 6.45) is 0.269. The number of nitrogens with one attached hydrogen (secondary N) is 2. The third kappa shape index (κ3) is 5.13. The van der Waals surface area contributed by atoms with Gasteiger partial charge in [0.1, 0.15) is 6.61 Å². The molecule has 122 valence electrons. The minimum atomic E-state index is -0.209. The Balaban J connectivity index is 2.01. The van der Waals surface area contributed by atoms with Gasteiger partial charge in [-0.3, -0.25) is 9.59 Å². The summed E-state index contributed by atoms with van der Waals surface area (Å²) in [7, 11) is 1.47. The number of aromatic nitrogens is 1. The molecule has 4 N–H and O–H groups in total. The first kappa shape index (κ1) is 17.1. The van der Waals surface area contributed by atoms with E-state index in [1.807, 2.05) is 17.5 Å². The molecule has 7 nitrogen and oxygen atoms in total. The number of carbonyl (C=O) groups excluding carboxylic acids is 2. The SMILES string of the molecule is COCC(=O)Nc1ccc(-c2csc(NC(=O)CCN)n2)cc1. The highest BCUT2D eigenvalue weighted by Crippen LogP contribution is 2.26. The molecule has 23 heavy (non-hydrogen) atoms. The monoisotopic (exact) mass is 334 g/mol. The van der Waals surface area contributed by atoms with Crippen molar-refractivity contribution in [1.82, 2.24) is 4.98 Å². The maximum absolute atomic E-state index is 11.5. The lowest BCUT2D eigenvalue weighted by molar-refractivity contribution is -0.119. The Morgan fingerprint density at radius 1 is 1.22 bits per heavy atom. The number of carbonyl (C=O) groups is 2. The molecule has 1 heterocycles. The Kier molecular flexibility index (Phi) is 6.21. The van der Waals surface area contributed by atoms with Crippen molar-refractivity contribution in [3.63, 3.8) is 0 Å². The van der Waals surface area contributed by atoms with Crippen molar-refractivity contribution in [2.75, 3.05) is 30.9 Å². The van der Waals surface area contributed by atoms with Gasteiger partial charge in [-0.1, -0.05) is 12.1 Å². The highest BCUT2D eigenvalue weighted by molar-refractivity contribution is 7.14. The van der Waals surface area contributed by atoms with E-state index in [9.17, 15) is 9.59 Å². The van der Waals surface area contributed by atoms with Crippen LogP contribution in [0.5, 0.6) is 0 Å². The van der Waals surface area contributed by atoms with Gasteiger partial charge < -0.3 is 21.1 Å². The Labute approximate surface area is 137 Å². The van der Waals surface area contributed by atoms with Crippen LogP contribution in [0.4, 0.5) is 10.8 Å². The van der Waals surface area contributed by atoms with Gasteiger partial charge in [-0.2, -0.15) is 0 Å². The molecule has 0 fully saturated rings. The molecular weight excluding hydrogens is 316 g/mol. The summed E-state index contributed by atoms with van der Waals surface area (Å²) in [5, 5.41) is 7.81. The molecule has 0 bridgehead atoms. The fraction of sp³-hybridized carbons (Fsp3) is 0.267. The molecule has 2 rings (SSSR count). The topological polar surface area (TPSA) is 106 Å². The highest BCUT2D eigenvalue weighted by atomic mass is 32.1. The van der Waals surface area contributed by atoms with Crippen LogP contribution in [0.3, 0.4) is 0 Å². The zero-order chi connectivity index (χ0) is 16.7. The van der Waals surface area contributed by atoms with Crippen LogP contribution < -0.4 is 16.4 Å². The van der Waals surface area contributed by atoms with E-state index in [2.05, 4.69) is 15.6 Å². The predicted molar refractivity (Wildman–Crippen MR) is 90.4 cm³/mol. The molecule has 8 heteroatoms. The molecule has 0 aliphatic rings. The van der Waals surface area contributed by atoms with Gasteiger partial charge in [0.15, 0.2) is 5.13 Å². The lowest BCUT2D eigenvalue weighted by atomic mass is 10.1. The van der Waals surface area contributed by atoms with Gasteiger partial charge >= 0.3 is 0 Å². The first-order chi connectivity index (χ1) is 11.1. The number of amides is 2. The highest BCUT2D eigenvalue weighted by Gasteiger charge is 2.08. The maximum atomic E-state index is 11.5. The number of anilines is 2. The first-order valence-corrected chi connectivity index (χ1v) is 7.85. The van der Waals surface area contributed by atoms with Gasteiger partial charge in [-0.15, -0.1) is 11.3 Å². The minimum absolute atomic E-state index is 0.0136. The third-order valence-electron chi connectivity index (χ3n) is 2.86. The van der Waals surface area contributed by atoms with E-state index in [0.29, 0.717) is 17.4 Å². The molecule has 0 spiro atoms. The molecule has 2 aromatic rings. The Bertz CT molecular complexity index is 670. The number of benzene rings is 1. The standard InChI is InChI=1S/C15H18N4O3S/c1-22-8-14(21)17-11-4-2-10(3-5-11)12-9-23-15(18-12)19-13(20)6-7-16/h2-5,9H,6-8,16H2,1H3,(H,17,21)(H,18,19,20). The van der Waals surface area contributed by atoms with Crippen LogP contribution in [0.2, 0.25) is 0 Å². The maximum Gasteiger partial charge on any atom is 0.250 e. The lowest BCUT2D eigenvalue weighted by Gasteiger charge is -2.05. The van der Waals surface area contributed by atoms with Crippen molar-refractivity contribution in [2.45, 2.75) is 6.42 Å². The average molecular weight is 334 g/mol. The van der Waals surface area contributed by atoms with E-state index in [-0.39, 0.29) is 24.8 Å². The third-order valence-corrected chi connectivity index (χ3v) is 3.62. The van der Waals surface area contributed by atoms with Gasteiger partial charge in [0.05, 0.1) is 5.69 Å². The number of thiazole rings is 1. The van der Waals surface area contributed by atoms with Gasteiger partial charge in [-0.05, 0) is 12.1 Å². The number of ether oxygens (including phenoxy) is 1. The summed E-state index contributed by atoms with van der Waals surface area (Å²) in [6, 6.07) is 7.27. The van der Waals surface area contributed by atoms with Crippen molar-refractivity contribution in [3.05, 3.63) is 29.6 Å². The fourth-order valence-electron chi connectivity index (χ4n) is 1.83. The Hall–Kier alpha value is -2.29. The second-order valence-corrected chi connectivity index (χ2v) is 5.54. The number of nitrogens with zero attached hydrogens (tertiary/aromatic N) is 1. The van der Waals surface area contributed by atoms with Crippen molar-refractivity contribution in [1.29, 1.82) is 0 Å². The summed E-state index contributed by atoms with van der Waals surface area (Å²) in [5.74, 6) is -0.358. The van der Waals surface area contributed by atoms with Crippen LogP contribution in [-0.2, 0) is 14.3 Å². The molecule has 2 amide bonds. The van der Waals surface area contributed by atoms with Gasteiger partial charge in [0, 0.05) is 36.7 Å². The molecule has 0 aliphatic heterocycles. The van der Waals surface area contributed by atoms with Crippen LogP contribution >= 0.6 is 11.3 Å². The smallest absolute Gasteiger partial charge is 0.250 e. The second kappa shape index (κ2) is 8.37. The van der Waals surface area contributed by atoms with Crippen molar-refractivity contribution < 1.29 is 14.3 Å². The molecule has 0 unspecified atom stereocenters. The van der Waals surface area contributed by atoms with Crippen LogP contribution in [0.15, 0.2) is 29.6 Å². The van der Waals surface area contributed by atoms with Crippen molar-refractivity contribution in [3.8, 4) is 11.3 Å². The van der Waals surface area contributed by atoms with E-state index in [1.54, 1.807) is 12.1 Å². The lowest BCUT2D eigenvalue weighted by Crippen LogP contribution is -2.16. The van der Waals surface area contributed by atoms with Crippen LogP contribution in [0, 0.1) is 0 Å². The van der Waals surface area contributed by atoms with Gasteiger partial charge in [0.2, 0.25) is 11.8 Å². The molecule has 0 saturated carbocycles. The molecule has 1 aromatic carbocycles. The molecule has 0 radical (unpaired) electrons. The Morgan fingerprint density at radius 2 is 1.96 bits per heavy atom. The van der Waals surface area contributed by atoms with E-state index in [4.69, 9.17) is 10.5 Å².